The Bertz CT molecular complexity index is 1020. The smallest absolute Gasteiger partial charge is 0.226 e. The van der Waals surface area contributed by atoms with E-state index in [-0.39, 0.29) is 0 Å². The third-order valence-corrected chi connectivity index (χ3v) is 10.3. The van der Waals surface area contributed by atoms with E-state index in [1.807, 2.05) is 30.3 Å². The van der Waals surface area contributed by atoms with Gasteiger partial charge in [0, 0.05) is 30.5 Å². The molecule has 5 heteroatoms. The third kappa shape index (κ3) is 1.85. The molecule has 1 N–H and O–H groups in total. The van der Waals surface area contributed by atoms with Crippen LogP contribution in [0.3, 0.4) is 0 Å². The normalized spacial score (nSPS) is 44.8. The van der Waals surface area contributed by atoms with Crippen LogP contribution < -0.4 is 0 Å². The molecule has 9 unspecified atom stereocenters. The molecule has 1 amide bonds. The van der Waals surface area contributed by atoms with Crippen molar-refractivity contribution in [2.24, 2.45) is 53.3 Å². The summed E-state index contributed by atoms with van der Waals surface area (Å²) in [6.45, 7) is 1.77. The molecule has 6 fully saturated rings. The fraction of sp³-hybridized carbons (Fsp3) is 0.640. The Morgan fingerprint density at radius 2 is 1.63 bits per heavy atom. The molecule has 30 heavy (non-hydrogen) atoms. The number of carbonyl (C=O) groups is 1. The average Bonchev–Trinajstić information content (AvgIpc) is 3.50. The van der Waals surface area contributed by atoms with E-state index in [2.05, 4.69) is 15.1 Å². The molecular weight excluding hydrogens is 372 g/mol. The first kappa shape index (κ1) is 16.5. The van der Waals surface area contributed by atoms with E-state index in [1.165, 1.54) is 12.8 Å². The first-order valence-electron chi connectivity index (χ1n) is 12.1. The van der Waals surface area contributed by atoms with Crippen LogP contribution >= 0.6 is 0 Å². The lowest BCUT2D eigenvalue weighted by atomic mass is 9.57. The molecule has 6 aliphatic rings. The fourth-order valence-corrected chi connectivity index (χ4v) is 9.56. The number of likely N-dealkylation sites (tertiary alicyclic amines) is 1. The summed E-state index contributed by atoms with van der Waals surface area (Å²) >= 11 is 0. The topological polar surface area (TPSA) is 61.9 Å². The van der Waals surface area contributed by atoms with Gasteiger partial charge in [-0.1, -0.05) is 30.3 Å². The van der Waals surface area contributed by atoms with E-state index in [1.54, 1.807) is 0 Å². The molecule has 1 aliphatic heterocycles. The number of amides is 1. The van der Waals surface area contributed by atoms with Crippen LogP contribution in [-0.2, 0) is 4.79 Å². The van der Waals surface area contributed by atoms with Gasteiger partial charge in [0.25, 0.3) is 0 Å². The summed E-state index contributed by atoms with van der Waals surface area (Å²) in [5.41, 5.74) is 1.05. The Morgan fingerprint density at radius 3 is 2.43 bits per heavy atom. The van der Waals surface area contributed by atoms with Gasteiger partial charge in [-0.15, -0.1) is 0 Å². The number of aromatic amines is 1. The lowest BCUT2D eigenvalue weighted by molar-refractivity contribution is -0.144. The summed E-state index contributed by atoms with van der Waals surface area (Å²) in [6, 6.07) is 10.1. The van der Waals surface area contributed by atoms with Gasteiger partial charge in [-0.2, -0.15) is 5.10 Å². The zero-order valence-electron chi connectivity index (χ0n) is 17.2. The van der Waals surface area contributed by atoms with Gasteiger partial charge < -0.3 is 4.90 Å². The van der Waals surface area contributed by atoms with Gasteiger partial charge >= 0.3 is 0 Å². The van der Waals surface area contributed by atoms with Crippen molar-refractivity contribution in [1.82, 2.24) is 20.1 Å². The average molecular weight is 401 g/mol. The first-order chi connectivity index (χ1) is 14.8. The molecule has 8 rings (SSSR count). The minimum Gasteiger partial charge on any atom is -0.342 e. The summed E-state index contributed by atoms with van der Waals surface area (Å²) in [7, 11) is 0. The predicted molar refractivity (Wildman–Crippen MR) is 111 cm³/mol. The number of rotatable bonds is 3. The van der Waals surface area contributed by atoms with Crippen molar-refractivity contribution < 1.29 is 4.79 Å². The number of H-pyrrole nitrogens is 1. The highest BCUT2D eigenvalue weighted by molar-refractivity contribution is 5.81. The first-order valence-corrected chi connectivity index (χ1v) is 12.1. The second-order valence-electron chi connectivity index (χ2n) is 11.0. The number of nitrogens with zero attached hydrogens (tertiary/aromatic N) is 3. The molecule has 2 aromatic rings. The summed E-state index contributed by atoms with van der Waals surface area (Å²) in [6.07, 6.45) is 4.95. The number of fused-ring (bicyclic) bond motifs is 2. The fourth-order valence-electron chi connectivity index (χ4n) is 9.56. The maximum Gasteiger partial charge on any atom is 0.226 e. The number of aromatic nitrogens is 3. The highest BCUT2D eigenvalue weighted by atomic mass is 16.2. The van der Waals surface area contributed by atoms with Crippen LogP contribution in [0.4, 0.5) is 0 Å². The number of benzene rings is 1. The van der Waals surface area contributed by atoms with E-state index < -0.39 is 0 Å². The van der Waals surface area contributed by atoms with Gasteiger partial charge in [0.05, 0.1) is 0 Å². The van der Waals surface area contributed by atoms with Gasteiger partial charge in [0.1, 0.15) is 5.82 Å². The van der Waals surface area contributed by atoms with Gasteiger partial charge in [0.2, 0.25) is 5.91 Å². The van der Waals surface area contributed by atoms with Crippen molar-refractivity contribution in [2.75, 3.05) is 13.1 Å². The molecule has 9 atom stereocenters. The van der Waals surface area contributed by atoms with E-state index in [9.17, 15) is 4.79 Å². The molecule has 5 aliphatic carbocycles. The molecule has 154 valence electrons. The van der Waals surface area contributed by atoms with Crippen LogP contribution in [0.1, 0.15) is 37.4 Å². The molecule has 5 saturated carbocycles. The molecule has 5 nitrogen and oxygen atoms in total. The second-order valence-corrected chi connectivity index (χ2v) is 11.0. The van der Waals surface area contributed by atoms with Crippen molar-refractivity contribution in [3.63, 3.8) is 0 Å². The molecule has 1 aromatic heterocycles. The number of nitrogens with one attached hydrogen (secondary N) is 1. The van der Waals surface area contributed by atoms with Gasteiger partial charge in [-0.3, -0.25) is 9.89 Å². The lowest BCUT2D eigenvalue weighted by Crippen LogP contribution is -2.50. The Morgan fingerprint density at radius 1 is 0.900 bits per heavy atom. The van der Waals surface area contributed by atoms with E-state index in [4.69, 9.17) is 4.98 Å². The lowest BCUT2D eigenvalue weighted by Gasteiger charge is -2.48. The van der Waals surface area contributed by atoms with Crippen molar-refractivity contribution >= 4 is 5.91 Å². The standard InChI is InChI=1S/C25H28N4O/c30-25(22-19-15-11-16-18-14(15)10-17(19)20(18)21(16)22)29-8-6-13(7-9-29)24-26-23(27-28-24)12-4-2-1-3-5-12/h1-5,13-22H,6-11H2,(H,26,27,28). The van der Waals surface area contributed by atoms with Crippen LogP contribution in [0.5, 0.6) is 0 Å². The van der Waals surface area contributed by atoms with Crippen LogP contribution in [0.25, 0.3) is 11.4 Å². The second kappa shape index (κ2) is 5.54. The molecule has 0 radical (unpaired) electrons. The van der Waals surface area contributed by atoms with Crippen molar-refractivity contribution in [1.29, 1.82) is 0 Å². The van der Waals surface area contributed by atoms with Crippen LogP contribution in [0.2, 0.25) is 0 Å². The molecule has 2 heterocycles. The van der Waals surface area contributed by atoms with Crippen LogP contribution in [0.15, 0.2) is 30.3 Å². The maximum absolute atomic E-state index is 13.6. The van der Waals surface area contributed by atoms with Gasteiger partial charge in [-0.25, -0.2) is 4.98 Å². The number of hydrogen-bond acceptors (Lipinski definition) is 3. The van der Waals surface area contributed by atoms with E-state index in [0.29, 0.717) is 17.7 Å². The third-order valence-electron chi connectivity index (χ3n) is 10.3. The minimum atomic E-state index is 0.385. The Kier molecular flexibility index (Phi) is 3.05. The Labute approximate surface area is 176 Å². The quantitative estimate of drug-likeness (QED) is 0.857. The molecule has 2 bridgehead atoms. The van der Waals surface area contributed by atoms with Gasteiger partial charge in [0.15, 0.2) is 5.82 Å². The zero-order valence-corrected chi connectivity index (χ0v) is 17.2. The largest absolute Gasteiger partial charge is 0.342 e. The summed E-state index contributed by atoms with van der Waals surface area (Å²) in [5, 5.41) is 7.61. The molecule has 1 aromatic carbocycles. The SMILES string of the molecule is O=C(C1C2C3CC4C5C3CC2C5C41)N1CCC(c2nc(-c3ccccc3)n[nH]2)CC1. The number of hydrogen-bond donors (Lipinski definition) is 1. The Hall–Kier alpha value is -2.17. The molecular formula is C25H28N4O. The number of carbonyl (C=O) groups excluding carboxylic acids is 1. The number of piperidine rings is 1. The van der Waals surface area contributed by atoms with Crippen LogP contribution in [-0.4, -0.2) is 39.1 Å². The highest BCUT2D eigenvalue weighted by Crippen LogP contribution is 2.84. The summed E-state index contributed by atoms with van der Waals surface area (Å²) in [4.78, 5) is 20.6. The van der Waals surface area contributed by atoms with E-state index >= 15 is 0 Å². The predicted octanol–water partition coefficient (Wildman–Crippen LogP) is 3.57. The summed E-state index contributed by atoms with van der Waals surface area (Å²) < 4.78 is 0. The minimum absolute atomic E-state index is 0.385. The van der Waals surface area contributed by atoms with Crippen molar-refractivity contribution in [2.45, 2.75) is 31.6 Å². The maximum atomic E-state index is 13.6. The summed E-state index contributed by atoms with van der Waals surface area (Å²) in [5.74, 6) is 10.3. The zero-order chi connectivity index (χ0) is 19.6. The van der Waals surface area contributed by atoms with E-state index in [0.717, 1.165) is 90.5 Å². The van der Waals surface area contributed by atoms with Crippen molar-refractivity contribution in [3.05, 3.63) is 36.2 Å². The highest BCUT2D eigenvalue weighted by Gasteiger charge is 2.81. The molecule has 0 spiro atoms. The van der Waals surface area contributed by atoms with Crippen molar-refractivity contribution in [3.8, 4) is 11.4 Å². The monoisotopic (exact) mass is 400 g/mol. The van der Waals surface area contributed by atoms with Crippen LogP contribution in [0, 0.1) is 53.3 Å². The van der Waals surface area contributed by atoms with Gasteiger partial charge in [-0.05, 0) is 73.0 Å². The molecule has 1 saturated heterocycles. The Balaban J connectivity index is 0.973.